The molecule has 2 fully saturated rings. The molecule has 196 valence electrons. The molecule has 3 aromatic rings. The van der Waals surface area contributed by atoms with Crippen molar-refractivity contribution in [3.63, 3.8) is 0 Å². The molecule has 1 saturated carbocycles. The van der Waals surface area contributed by atoms with Gasteiger partial charge in [0.05, 0.1) is 6.33 Å². The molecule has 5 rings (SSSR count). The summed E-state index contributed by atoms with van der Waals surface area (Å²) >= 11 is 0. The molecule has 3 heterocycles. The summed E-state index contributed by atoms with van der Waals surface area (Å²) in [7, 11) is 3.96. The van der Waals surface area contributed by atoms with Crippen LogP contribution in [-0.2, 0) is 4.79 Å². The van der Waals surface area contributed by atoms with E-state index >= 15 is 0 Å². The summed E-state index contributed by atoms with van der Waals surface area (Å²) in [6.07, 6.45) is 4.56. The number of imidazole rings is 1. The maximum absolute atomic E-state index is 11.9. The number of hydrogen-bond acceptors (Lipinski definition) is 8. The van der Waals surface area contributed by atoms with Crippen molar-refractivity contribution < 1.29 is 9.53 Å². The van der Waals surface area contributed by atoms with Crippen molar-refractivity contribution in [1.29, 1.82) is 0 Å². The van der Waals surface area contributed by atoms with E-state index in [2.05, 4.69) is 71.8 Å². The SMILES string of the molecule is C=CC(=O)N(C)[C@H]1C[C@H](Oc2nc(Nc3ccc(N4CCN(C)CC4)cc3)c3ncn(C(C)C)c3n2)C1. The first-order valence-corrected chi connectivity index (χ1v) is 12.9. The Hall–Kier alpha value is -3.66. The van der Waals surface area contributed by atoms with Gasteiger partial charge in [0, 0.05) is 69.5 Å². The molecule has 37 heavy (non-hydrogen) atoms. The molecule has 1 N–H and O–H groups in total. The number of hydrogen-bond donors (Lipinski definition) is 1. The molecule has 10 nitrogen and oxygen atoms in total. The predicted octanol–water partition coefficient (Wildman–Crippen LogP) is 3.46. The molecule has 1 amide bonds. The molecule has 1 aromatic carbocycles. The second kappa shape index (κ2) is 10.4. The van der Waals surface area contributed by atoms with Gasteiger partial charge in [-0.2, -0.15) is 9.97 Å². The van der Waals surface area contributed by atoms with E-state index < -0.39 is 0 Å². The molecule has 2 aromatic heterocycles. The molecule has 0 spiro atoms. The van der Waals surface area contributed by atoms with E-state index in [-0.39, 0.29) is 24.1 Å². The van der Waals surface area contributed by atoms with E-state index in [1.165, 1.54) is 11.8 Å². The van der Waals surface area contributed by atoms with E-state index in [1.54, 1.807) is 18.3 Å². The average Bonchev–Trinajstić information content (AvgIpc) is 3.31. The van der Waals surface area contributed by atoms with Gasteiger partial charge in [-0.1, -0.05) is 6.58 Å². The molecule has 1 saturated heterocycles. The molecule has 0 radical (unpaired) electrons. The van der Waals surface area contributed by atoms with Crippen LogP contribution in [0.5, 0.6) is 6.01 Å². The van der Waals surface area contributed by atoms with Crippen LogP contribution < -0.4 is 15.0 Å². The summed E-state index contributed by atoms with van der Waals surface area (Å²) in [6, 6.07) is 9.08. The summed E-state index contributed by atoms with van der Waals surface area (Å²) in [5.74, 6) is 0.536. The quantitative estimate of drug-likeness (QED) is 0.467. The zero-order valence-corrected chi connectivity index (χ0v) is 22.1. The fourth-order valence-electron chi connectivity index (χ4n) is 4.79. The minimum absolute atomic E-state index is 0.0475. The predicted molar refractivity (Wildman–Crippen MR) is 146 cm³/mol. The lowest BCUT2D eigenvalue weighted by atomic mass is 9.88. The first-order chi connectivity index (χ1) is 17.8. The van der Waals surface area contributed by atoms with Crippen LogP contribution in [0.2, 0.25) is 0 Å². The van der Waals surface area contributed by atoms with Crippen LogP contribution in [0, 0.1) is 0 Å². The van der Waals surface area contributed by atoms with Crippen molar-refractivity contribution in [2.45, 2.75) is 44.9 Å². The Morgan fingerprint density at radius 3 is 2.51 bits per heavy atom. The normalized spacial score (nSPS) is 20.1. The largest absolute Gasteiger partial charge is 0.460 e. The van der Waals surface area contributed by atoms with Crippen molar-refractivity contribution in [1.82, 2.24) is 29.3 Å². The van der Waals surface area contributed by atoms with Crippen molar-refractivity contribution in [2.24, 2.45) is 0 Å². The minimum atomic E-state index is -0.0768. The van der Waals surface area contributed by atoms with Crippen molar-refractivity contribution >= 4 is 34.3 Å². The van der Waals surface area contributed by atoms with Gasteiger partial charge in [-0.3, -0.25) is 4.79 Å². The Morgan fingerprint density at radius 2 is 1.86 bits per heavy atom. The minimum Gasteiger partial charge on any atom is -0.460 e. The van der Waals surface area contributed by atoms with E-state index in [4.69, 9.17) is 14.7 Å². The van der Waals surface area contributed by atoms with Crippen LogP contribution in [0.4, 0.5) is 17.2 Å². The van der Waals surface area contributed by atoms with E-state index in [0.717, 1.165) is 50.4 Å². The standard InChI is InChI=1S/C27H36N8O2/c1-6-23(36)33(5)21-15-22(16-21)37-27-30-25(24-26(31-27)35(17-28-24)18(2)3)29-19-7-9-20(10-8-19)34-13-11-32(4)12-14-34/h6-10,17-18,21-22H,1,11-16H2,2-5H3,(H,29,30,31)/t21-,22-. The third-order valence-corrected chi connectivity index (χ3v) is 7.37. The Labute approximate surface area is 217 Å². The van der Waals surface area contributed by atoms with Crippen LogP contribution >= 0.6 is 0 Å². The lowest BCUT2D eigenvalue weighted by Gasteiger charge is -2.40. The molecule has 2 aliphatic rings. The Morgan fingerprint density at radius 1 is 1.16 bits per heavy atom. The molecular weight excluding hydrogens is 468 g/mol. The molecule has 0 unspecified atom stereocenters. The van der Waals surface area contributed by atoms with Crippen LogP contribution in [-0.4, -0.2) is 87.6 Å². The van der Waals surface area contributed by atoms with Gasteiger partial charge in [-0.25, -0.2) is 4.98 Å². The monoisotopic (exact) mass is 504 g/mol. The van der Waals surface area contributed by atoms with Gasteiger partial charge in [-0.05, 0) is 51.2 Å². The maximum Gasteiger partial charge on any atom is 0.320 e. The lowest BCUT2D eigenvalue weighted by molar-refractivity contribution is -0.130. The lowest BCUT2D eigenvalue weighted by Crippen LogP contribution is -2.49. The number of amides is 1. The highest BCUT2D eigenvalue weighted by Crippen LogP contribution is 2.32. The summed E-state index contributed by atoms with van der Waals surface area (Å²) in [4.78, 5) is 32.4. The summed E-state index contributed by atoms with van der Waals surface area (Å²) < 4.78 is 8.18. The first kappa shape index (κ1) is 25.0. The van der Waals surface area contributed by atoms with Gasteiger partial charge in [0.2, 0.25) is 5.91 Å². The van der Waals surface area contributed by atoms with Gasteiger partial charge in [0.1, 0.15) is 6.10 Å². The number of anilines is 3. The van der Waals surface area contributed by atoms with E-state index in [0.29, 0.717) is 17.3 Å². The number of benzene rings is 1. The van der Waals surface area contributed by atoms with Crippen LogP contribution in [0.25, 0.3) is 11.2 Å². The van der Waals surface area contributed by atoms with E-state index in [9.17, 15) is 4.79 Å². The molecule has 0 atom stereocenters. The highest BCUT2D eigenvalue weighted by atomic mass is 16.5. The fourth-order valence-corrected chi connectivity index (χ4v) is 4.79. The molecule has 0 bridgehead atoms. The van der Waals surface area contributed by atoms with Gasteiger partial charge in [-0.15, -0.1) is 0 Å². The zero-order valence-electron chi connectivity index (χ0n) is 22.1. The van der Waals surface area contributed by atoms with Crippen molar-refractivity contribution in [2.75, 3.05) is 50.5 Å². The van der Waals surface area contributed by atoms with Crippen LogP contribution in [0.1, 0.15) is 32.7 Å². The van der Waals surface area contributed by atoms with Gasteiger partial charge >= 0.3 is 6.01 Å². The number of likely N-dealkylation sites (N-methyl/N-ethyl adjacent to an activating group) is 2. The highest BCUT2D eigenvalue weighted by molar-refractivity contribution is 5.87. The van der Waals surface area contributed by atoms with Crippen molar-refractivity contribution in [3.8, 4) is 6.01 Å². The Bertz CT molecular complexity index is 1260. The third-order valence-electron chi connectivity index (χ3n) is 7.37. The van der Waals surface area contributed by atoms with Crippen molar-refractivity contribution in [3.05, 3.63) is 43.2 Å². The summed E-state index contributed by atoms with van der Waals surface area (Å²) in [6.45, 7) is 12.0. The van der Waals surface area contributed by atoms with Crippen LogP contribution in [0.3, 0.4) is 0 Å². The number of rotatable bonds is 8. The second-order valence-electron chi connectivity index (χ2n) is 10.3. The Kier molecular flexibility index (Phi) is 7.01. The average molecular weight is 505 g/mol. The summed E-state index contributed by atoms with van der Waals surface area (Å²) in [5.41, 5.74) is 3.58. The first-order valence-electron chi connectivity index (χ1n) is 12.9. The number of ether oxygens (including phenoxy) is 1. The Balaban J connectivity index is 1.34. The molecule has 1 aliphatic heterocycles. The zero-order chi connectivity index (χ0) is 26.1. The highest BCUT2D eigenvalue weighted by Gasteiger charge is 2.36. The number of carbonyl (C=O) groups excluding carboxylic acids is 1. The number of nitrogens with one attached hydrogen (secondary N) is 1. The molecule has 1 aliphatic carbocycles. The smallest absolute Gasteiger partial charge is 0.320 e. The van der Waals surface area contributed by atoms with Gasteiger partial charge in [0.15, 0.2) is 17.0 Å². The van der Waals surface area contributed by atoms with Gasteiger partial charge in [0.25, 0.3) is 0 Å². The van der Waals surface area contributed by atoms with Gasteiger partial charge < -0.3 is 29.3 Å². The number of nitrogens with zero attached hydrogens (tertiary/aromatic N) is 7. The number of piperazine rings is 1. The number of fused-ring (bicyclic) bond motifs is 1. The molecular formula is C27H36N8O2. The number of aromatic nitrogens is 4. The number of carbonyl (C=O) groups is 1. The van der Waals surface area contributed by atoms with Crippen LogP contribution in [0.15, 0.2) is 43.2 Å². The van der Waals surface area contributed by atoms with E-state index in [1.807, 2.05) is 4.57 Å². The maximum atomic E-state index is 11.9. The fraction of sp³-hybridized carbons (Fsp3) is 0.481. The second-order valence-corrected chi connectivity index (χ2v) is 10.3. The third kappa shape index (κ3) is 5.24. The summed E-state index contributed by atoms with van der Waals surface area (Å²) in [5, 5.41) is 3.44. The molecule has 10 heteroatoms. The topological polar surface area (TPSA) is 91.7 Å².